The number of anilines is 1. The zero-order valence-corrected chi connectivity index (χ0v) is 15.6. The lowest BCUT2D eigenvalue weighted by Gasteiger charge is -2.08. The van der Waals surface area contributed by atoms with Gasteiger partial charge in [0.05, 0.1) is 18.5 Å². The van der Waals surface area contributed by atoms with Crippen LogP contribution in [0.4, 0.5) is 5.69 Å². The largest absolute Gasteiger partial charge is 0.467 e. The molecule has 1 aromatic carbocycles. The minimum absolute atomic E-state index is 0.168. The van der Waals surface area contributed by atoms with Gasteiger partial charge in [0.15, 0.2) is 5.69 Å². The summed E-state index contributed by atoms with van der Waals surface area (Å²) >= 11 is 0. The molecule has 140 valence electrons. The number of nitrogens with one attached hydrogen (secondary N) is 2. The second-order valence-electron chi connectivity index (χ2n) is 6.28. The second-order valence-corrected chi connectivity index (χ2v) is 6.28. The molecule has 2 aromatic heterocycles. The quantitative estimate of drug-likeness (QED) is 0.700. The number of carbonyl (C=O) groups excluding carboxylic acids is 2. The number of furan rings is 1. The summed E-state index contributed by atoms with van der Waals surface area (Å²) < 4.78 is 6.82. The van der Waals surface area contributed by atoms with Crippen molar-refractivity contribution in [2.45, 2.75) is 33.9 Å². The molecule has 0 saturated heterocycles. The number of aryl methyl sites for hydroxylation is 3. The van der Waals surface area contributed by atoms with Crippen LogP contribution in [0.25, 0.3) is 0 Å². The number of rotatable bonds is 6. The first-order valence-corrected chi connectivity index (χ1v) is 8.74. The Morgan fingerprint density at radius 2 is 2.00 bits per heavy atom. The van der Waals surface area contributed by atoms with Gasteiger partial charge in [-0.15, -0.1) is 0 Å². The highest BCUT2D eigenvalue weighted by Crippen LogP contribution is 2.18. The Morgan fingerprint density at radius 1 is 1.19 bits per heavy atom. The predicted octanol–water partition coefficient (Wildman–Crippen LogP) is 3.30. The molecule has 0 unspecified atom stereocenters. The maximum Gasteiger partial charge on any atom is 0.274 e. The molecule has 7 nitrogen and oxygen atoms in total. The molecule has 0 aliphatic rings. The summed E-state index contributed by atoms with van der Waals surface area (Å²) in [5.74, 6) is -0.0168. The van der Waals surface area contributed by atoms with E-state index in [-0.39, 0.29) is 24.1 Å². The molecule has 0 spiro atoms. The molecule has 0 aliphatic heterocycles. The van der Waals surface area contributed by atoms with Crippen LogP contribution in [0.2, 0.25) is 0 Å². The SMILES string of the molecule is CCn1cc(NC(=O)c2ccc(C)cc2C)c(C(=O)NCc2ccco2)n1. The van der Waals surface area contributed by atoms with E-state index in [4.69, 9.17) is 4.42 Å². The zero-order chi connectivity index (χ0) is 19.4. The van der Waals surface area contributed by atoms with E-state index < -0.39 is 0 Å². The lowest BCUT2D eigenvalue weighted by molar-refractivity contribution is 0.0943. The van der Waals surface area contributed by atoms with Crippen LogP contribution < -0.4 is 10.6 Å². The fraction of sp³-hybridized carbons (Fsp3) is 0.250. The van der Waals surface area contributed by atoms with E-state index in [1.54, 1.807) is 35.3 Å². The highest BCUT2D eigenvalue weighted by atomic mass is 16.3. The van der Waals surface area contributed by atoms with Crippen LogP contribution in [0.1, 0.15) is 44.7 Å². The number of benzene rings is 1. The van der Waals surface area contributed by atoms with E-state index in [1.807, 2.05) is 32.9 Å². The summed E-state index contributed by atoms with van der Waals surface area (Å²) in [6, 6.07) is 9.13. The number of hydrogen-bond donors (Lipinski definition) is 2. The monoisotopic (exact) mass is 366 g/mol. The Balaban J connectivity index is 1.79. The van der Waals surface area contributed by atoms with Crippen LogP contribution in [0.15, 0.2) is 47.2 Å². The molecule has 27 heavy (non-hydrogen) atoms. The van der Waals surface area contributed by atoms with Crippen molar-refractivity contribution in [3.8, 4) is 0 Å². The average Bonchev–Trinajstić information content (AvgIpc) is 3.29. The molecule has 7 heteroatoms. The van der Waals surface area contributed by atoms with Crippen LogP contribution >= 0.6 is 0 Å². The number of amides is 2. The van der Waals surface area contributed by atoms with E-state index in [2.05, 4.69) is 15.7 Å². The minimum Gasteiger partial charge on any atom is -0.467 e. The molecular formula is C20H22N4O3. The topological polar surface area (TPSA) is 89.2 Å². The Morgan fingerprint density at radius 3 is 2.67 bits per heavy atom. The highest BCUT2D eigenvalue weighted by molar-refractivity contribution is 6.08. The Labute approximate surface area is 157 Å². The third-order valence-electron chi connectivity index (χ3n) is 4.18. The van der Waals surface area contributed by atoms with Crippen LogP contribution in [-0.4, -0.2) is 21.6 Å². The van der Waals surface area contributed by atoms with Gasteiger partial charge in [0.2, 0.25) is 0 Å². The predicted molar refractivity (Wildman–Crippen MR) is 102 cm³/mol. The molecule has 0 radical (unpaired) electrons. The Bertz CT molecular complexity index is 958. The number of carbonyl (C=O) groups is 2. The number of nitrogens with zero attached hydrogens (tertiary/aromatic N) is 2. The van der Waals surface area contributed by atoms with Crippen molar-refractivity contribution in [2.75, 3.05) is 5.32 Å². The lowest BCUT2D eigenvalue weighted by atomic mass is 10.1. The standard InChI is InChI=1S/C20H22N4O3/c1-4-24-12-17(22-19(25)16-8-7-13(2)10-14(16)3)18(23-24)20(26)21-11-15-6-5-9-27-15/h5-10,12H,4,11H2,1-3H3,(H,21,26)(H,22,25). The lowest BCUT2D eigenvalue weighted by Crippen LogP contribution is -2.25. The first-order chi connectivity index (χ1) is 13.0. The first kappa shape index (κ1) is 18.4. The Kier molecular flexibility index (Phi) is 5.40. The van der Waals surface area contributed by atoms with Crippen molar-refractivity contribution in [3.05, 3.63) is 70.9 Å². The highest BCUT2D eigenvalue weighted by Gasteiger charge is 2.20. The normalized spacial score (nSPS) is 10.6. The summed E-state index contributed by atoms with van der Waals surface area (Å²) in [7, 11) is 0. The summed E-state index contributed by atoms with van der Waals surface area (Å²) in [6.07, 6.45) is 3.20. The molecule has 2 N–H and O–H groups in total. The van der Waals surface area contributed by atoms with Gasteiger partial charge in [0.25, 0.3) is 11.8 Å². The molecule has 0 bridgehead atoms. The van der Waals surface area contributed by atoms with Crippen LogP contribution in [0.5, 0.6) is 0 Å². The van der Waals surface area contributed by atoms with Gasteiger partial charge in [-0.2, -0.15) is 5.10 Å². The van der Waals surface area contributed by atoms with Crippen LogP contribution in [0, 0.1) is 13.8 Å². The van der Waals surface area contributed by atoms with E-state index in [9.17, 15) is 9.59 Å². The molecule has 2 heterocycles. The fourth-order valence-electron chi connectivity index (χ4n) is 2.76. The van der Waals surface area contributed by atoms with Gasteiger partial charge in [-0.25, -0.2) is 0 Å². The summed E-state index contributed by atoms with van der Waals surface area (Å²) in [6.45, 7) is 6.59. The zero-order valence-electron chi connectivity index (χ0n) is 15.6. The van der Waals surface area contributed by atoms with Gasteiger partial charge in [-0.05, 0) is 44.5 Å². The molecular weight excluding hydrogens is 344 g/mol. The second kappa shape index (κ2) is 7.90. The van der Waals surface area contributed by atoms with Gasteiger partial charge >= 0.3 is 0 Å². The number of hydrogen-bond acceptors (Lipinski definition) is 4. The van der Waals surface area contributed by atoms with Crippen molar-refractivity contribution < 1.29 is 14.0 Å². The van der Waals surface area contributed by atoms with Crippen molar-refractivity contribution in [3.63, 3.8) is 0 Å². The molecule has 2 amide bonds. The van der Waals surface area contributed by atoms with E-state index in [0.717, 1.165) is 11.1 Å². The molecule has 0 atom stereocenters. The smallest absolute Gasteiger partial charge is 0.274 e. The fourth-order valence-corrected chi connectivity index (χ4v) is 2.76. The molecule has 0 fully saturated rings. The van der Waals surface area contributed by atoms with Crippen molar-refractivity contribution in [2.24, 2.45) is 0 Å². The van der Waals surface area contributed by atoms with Crippen LogP contribution in [0.3, 0.4) is 0 Å². The van der Waals surface area contributed by atoms with Gasteiger partial charge in [0, 0.05) is 18.3 Å². The maximum atomic E-state index is 12.7. The third kappa shape index (κ3) is 4.25. The first-order valence-electron chi connectivity index (χ1n) is 8.74. The van der Waals surface area contributed by atoms with Gasteiger partial charge < -0.3 is 15.1 Å². The molecule has 0 aliphatic carbocycles. The van der Waals surface area contributed by atoms with Gasteiger partial charge in [-0.1, -0.05) is 17.7 Å². The van der Waals surface area contributed by atoms with Crippen molar-refractivity contribution in [1.82, 2.24) is 15.1 Å². The third-order valence-corrected chi connectivity index (χ3v) is 4.18. The van der Waals surface area contributed by atoms with Gasteiger partial charge in [0.1, 0.15) is 5.76 Å². The summed E-state index contributed by atoms with van der Waals surface area (Å²) in [5, 5.41) is 9.83. The van der Waals surface area contributed by atoms with E-state index in [0.29, 0.717) is 23.6 Å². The minimum atomic E-state index is -0.380. The maximum absolute atomic E-state index is 12.7. The van der Waals surface area contributed by atoms with Crippen molar-refractivity contribution >= 4 is 17.5 Å². The average molecular weight is 366 g/mol. The number of aromatic nitrogens is 2. The van der Waals surface area contributed by atoms with Gasteiger partial charge in [-0.3, -0.25) is 14.3 Å². The summed E-state index contributed by atoms with van der Waals surface area (Å²) in [5.41, 5.74) is 3.06. The summed E-state index contributed by atoms with van der Waals surface area (Å²) in [4.78, 5) is 25.2. The molecule has 3 aromatic rings. The van der Waals surface area contributed by atoms with Crippen LogP contribution in [-0.2, 0) is 13.1 Å². The van der Waals surface area contributed by atoms with Crippen molar-refractivity contribution in [1.29, 1.82) is 0 Å². The molecule has 3 rings (SSSR count). The van der Waals surface area contributed by atoms with E-state index >= 15 is 0 Å². The van der Waals surface area contributed by atoms with E-state index in [1.165, 1.54) is 0 Å². The molecule has 0 saturated carbocycles. The Hall–Kier alpha value is -3.35.